The summed E-state index contributed by atoms with van der Waals surface area (Å²) in [6, 6.07) is 11.7. The lowest BCUT2D eigenvalue weighted by Crippen LogP contribution is -2.02. The standard InChI is InChI=1S/C12H10N4OS/c18-12-14-13-11(9-4-2-1-3-5-9)16(12)8-10-6-7-17-15-10/h1-7H,8H2,(H,14,18). The summed E-state index contributed by atoms with van der Waals surface area (Å²) < 4.78 is 7.28. The van der Waals surface area contributed by atoms with E-state index in [2.05, 4.69) is 15.4 Å². The summed E-state index contributed by atoms with van der Waals surface area (Å²) in [4.78, 5) is 0. The number of rotatable bonds is 3. The van der Waals surface area contributed by atoms with Gasteiger partial charge in [-0.1, -0.05) is 35.5 Å². The van der Waals surface area contributed by atoms with Gasteiger partial charge >= 0.3 is 0 Å². The molecule has 6 heteroatoms. The van der Waals surface area contributed by atoms with E-state index < -0.39 is 0 Å². The maximum absolute atomic E-state index is 5.23. The van der Waals surface area contributed by atoms with E-state index in [1.54, 1.807) is 6.26 Å². The molecule has 0 aliphatic carbocycles. The summed E-state index contributed by atoms with van der Waals surface area (Å²) in [5, 5.41) is 10.9. The molecular weight excluding hydrogens is 248 g/mol. The second kappa shape index (κ2) is 4.58. The molecule has 0 atom stereocenters. The van der Waals surface area contributed by atoms with Crippen LogP contribution in [-0.2, 0) is 6.54 Å². The number of H-pyrrole nitrogens is 1. The molecule has 0 aliphatic rings. The number of benzene rings is 1. The van der Waals surface area contributed by atoms with Gasteiger partial charge in [0.2, 0.25) is 0 Å². The van der Waals surface area contributed by atoms with E-state index in [-0.39, 0.29) is 0 Å². The molecule has 0 radical (unpaired) electrons. The Kier molecular flexibility index (Phi) is 2.77. The Morgan fingerprint density at radius 3 is 2.78 bits per heavy atom. The van der Waals surface area contributed by atoms with Gasteiger partial charge in [-0.05, 0) is 12.2 Å². The van der Waals surface area contributed by atoms with Gasteiger partial charge in [0.1, 0.15) is 12.0 Å². The maximum atomic E-state index is 5.23. The van der Waals surface area contributed by atoms with E-state index in [0.29, 0.717) is 11.3 Å². The molecule has 0 fully saturated rings. The van der Waals surface area contributed by atoms with Crippen molar-refractivity contribution in [2.75, 3.05) is 0 Å². The Morgan fingerprint density at radius 2 is 2.06 bits per heavy atom. The second-order valence-corrected chi connectivity index (χ2v) is 4.18. The molecule has 90 valence electrons. The van der Waals surface area contributed by atoms with Crippen LogP contribution in [0.3, 0.4) is 0 Å². The number of nitrogens with zero attached hydrogens (tertiary/aromatic N) is 3. The number of aromatic nitrogens is 4. The van der Waals surface area contributed by atoms with Gasteiger partial charge in [-0.2, -0.15) is 5.10 Å². The van der Waals surface area contributed by atoms with Gasteiger partial charge in [-0.3, -0.25) is 9.67 Å². The smallest absolute Gasteiger partial charge is 0.195 e. The van der Waals surface area contributed by atoms with Gasteiger partial charge < -0.3 is 4.52 Å². The third-order valence-corrected chi connectivity index (χ3v) is 2.91. The predicted octanol–water partition coefficient (Wildman–Crippen LogP) is 2.64. The highest BCUT2D eigenvalue weighted by Gasteiger charge is 2.09. The normalized spacial score (nSPS) is 10.7. The van der Waals surface area contributed by atoms with Gasteiger partial charge in [0.05, 0.1) is 6.54 Å². The summed E-state index contributed by atoms with van der Waals surface area (Å²) in [7, 11) is 0. The van der Waals surface area contributed by atoms with Crippen LogP contribution in [0.4, 0.5) is 0 Å². The van der Waals surface area contributed by atoms with Crippen molar-refractivity contribution >= 4 is 12.2 Å². The molecule has 0 spiro atoms. The zero-order valence-electron chi connectivity index (χ0n) is 9.41. The lowest BCUT2D eigenvalue weighted by Gasteiger charge is -2.04. The molecule has 0 bridgehead atoms. The van der Waals surface area contributed by atoms with Crippen LogP contribution in [0.25, 0.3) is 11.4 Å². The Labute approximate surface area is 108 Å². The Hall–Kier alpha value is -2.21. The molecule has 1 aromatic carbocycles. The van der Waals surface area contributed by atoms with E-state index >= 15 is 0 Å². The molecule has 18 heavy (non-hydrogen) atoms. The fourth-order valence-electron chi connectivity index (χ4n) is 1.75. The maximum Gasteiger partial charge on any atom is 0.195 e. The van der Waals surface area contributed by atoms with E-state index in [0.717, 1.165) is 17.1 Å². The van der Waals surface area contributed by atoms with Gasteiger partial charge in [-0.25, -0.2) is 0 Å². The monoisotopic (exact) mass is 258 g/mol. The minimum Gasteiger partial charge on any atom is -0.364 e. The Bertz CT molecular complexity index is 684. The van der Waals surface area contributed by atoms with Crippen LogP contribution in [0.1, 0.15) is 5.69 Å². The van der Waals surface area contributed by atoms with Gasteiger partial charge in [-0.15, -0.1) is 0 Å². The van der Waals surface area contributed by atoms with E-state index in [1.165, 1.54) is 0 Å². The molecule has 0 saturated carbocycles. The van der Waals surface area contributed by atoms with Crippen LogP contribution in [0, 0.1) is 4.77 Å². The predicted molar refractivity (Wildman–Crippen MR) is 68.5 cm³/mol. The molecular formula is C12H10N4OS. The van der Waals surface area contributed by atoms with Crippen LogP contribution in [0.15, 0.2) is 47.2 Å². The van der Waals surface area contributed by atoms with Gasteiger partial charge in [0.15, 0.2) is 10.6 Å². The van der Waals surface area contributed by atoms with Crippen molar-refractivity contribution in [1.29, 1.82) is 0 Å². The third kappa shape index (κ3) is 1.98. The average Bonchev–Trinajstić information content (AvgIpc) is 3.03. The number of hydrogen-bond acceptors (Lipinski definition) is 4. The summed E-state index contributed by atoms with van der Waals surface area (Å²) in [5.74, 6) is 0.795. The minimum absolute atomic E-state index is 0.538. The molecule has 1 N–H and O–H groups in total. The van der Waals surface area contributed by atoms with Crippen LogP contribution in [0.2, 0.25) is 0 Å². The minimum atomic E-state index is 0.538. The molecule has 3 aromatic rings. The number of aromatic amines is 1. The molecule has 3 rings (SSSR count). The average molecular weight is 258 g/mol. The number of nitrogens with one attached hydrogen (secondary N) is 1. The first-order valence-corrected chi connectivity index (χ1v) is 5.85. The molecule has 0 saturated heterocycles. The fourth-order valence-corrected chi connectivity index (χ4v) is 1.95. The summed E-state index contributed by atoms with van der Waals surface area (Å²) in [5.41, 5.74) is 1.82. The molecule has 0 amide bonds. The molecule has 0 aliphatic heterocycles. The topological polar surface area (TPSA) is 59.6 Å². The lowest BCUT2D eigenvalue weighted by molar-refractivity contribution is 0.409. The Balaban J connectivity index is 2.04. The quantitative estimate of drug-likeness (QED) is 0.734. The van der Waals surface area contributed by atoms with E-state index in [1.807, 2.05) is 41.0 Å². The first-order chi connectivity index (χ1) is 8.84. The first kappa shape index (κ1) is 10.9. The van der Waals surface area contributed by atoms with Crippen molar-refractivity contribution in [2.24, 2.45) is 0 Å². The van der Waals surface area contributed by atoms with Crippen molar-refractivity contribution < 1.29 is 4.52 Å². The zero-order valence-corrected chi connectivity index (χ0v) is 10.2. The van der Waals surface area contributed by atoms with E-state index in [4.69, 9.17) is 16.7 Å². The highest BCUT2D eigenvalue weighted by Crippen LogP contribution is 2.17. The van der Waals surface area contributed by atoms with Crippen LogP contribution >= 0.6 is 12.2 Å². The molecule has 0 unspecified atom stereocenters. The van der Waals surface area contributed by atoms with E-state index in [9.17, 15) is 0 Å². The zero-order chi connectivity index (χ0) is 12.4. The molecule has 2 aromatic heterocycles. The van der Waals surface area contributed by atoms with Crippen molar-refractivity contribution in [3.8, 4) is 11.4 Å². The van der Waals surface area contributed by atoms with Crippen molar-refractivity contribution in [2.45, 2.75) is 6.54 Å². The lowest BCUT2D eigenvalue weighted by atomic mass is 10.2. The highest BCUT2D eigenvalue weighted by atomic mass is 32.1. The fraction of sp³-hybridized carbons (Fsp3) is 0.0833. The molecule has 5 nitrogen and oxygen atoms in total. The largest absolute Gasteiger partial charge is 0.364 e. The van der Waals surface area contributed by atoms with Crippen LogP contribution in [-0.4, -0.2) is 19.9 Å². The summed E-state index contributed by atoms with van der Waals surface area (Å²) in [6.45, 7) is 0.538. The van der Waals surface area contributed by atoms with Gasteiger partial charge in [0, 0.05) is 11.6 Å². The van der Waals surface area contributed by atoms with Crippen LogP contribution < -0.4 is 0 Å². The Morgan fingerprint density at radius 1 is 1.22 bits per heavy atom. The summed E-state index contributed by atoms with van der Waals surface area (Å²) >= 11 is 5.23. The van der Waals surface area contributed by atoms with Crippen molar-refractivity contribution in [1.82, 2.24) is 19.9 Å². The highest BCUT2D eigenvalue weighted by molar-refractivity contribution is 7.71. The van der Waals surface area contributed by atoms with Crippen LogP contribution in [0.5, 0.6) is 0 Å². The van der Waals surface area contributed by atoms with Crippen molar-refractivity contribution in [3.05, 3.63) is 53.1 Å². The van der Waals surface area contributed by atoms with Gasteiger partial charge in [0.25, 0.3) is 0 Å². The van der Waals surface area contributed by atoms with Crippen molar-refractivity contribution in [3.63, 3.8) is 0 Å². The summed E-state index contributed by atoms with van der Waals surface area (Å²) in [6.07, 6.45) is 1.54. The first-order valence-electron chi connectivity index (χ1n) is 5.44. The second-order valence-electron chi connectivity index (χ2n) is 3.80. The SMILES string of the molecule is S=c1[nH]nc(-c2ccccc2)n1Cc1ccon1. The third-order valence-electron chi connectivity index (χ3n) is 2.60. The molecule has 2 heterocycles. The number of hydrogen-bond donors (Lipinski definition) is 1.